The van der Waals surface area contributed by atoms with E-state index >= 15 is 0 Å². The van der Waals surface area contributed by atoms with E-state index < -0.39 is 0 Å². The number of rotatable bonds is 14. The second-order valence-electron chi connectivity index (χ2n) is 5.13. The van der Waals surface area contributed by atoms with Gasteiger partial charge in [-0.1, -0.05) is 58.3 Å². The van der Waals surface area contributed by atoms with Crippen molar-refractivity contribution in [2.75, 3.05) is 19.7 Å². The van der Waals surface area contributed by atoms with E-state index in [-0.39, 0.29) is 5.97 Å². The SMILES string of the molecule is CCCCCCCCCCCNCCC(=O)OCC. The van der Waals surface area contributed by atoms with Crippen LogP contribution < -0.4 is 5.32 Å². The maximum absolute atomic E-state index is 11.1. The lowest BCUT2D eigenvalue weighted by Gasteiger charge is -2.05. The molecule has 0 fully saturated rings. The molecule has 0 spiro atoms. The summed E-state index contributed by atoms with van der Waals surface area (Å²) in [6.45, 7) is 6.35. The number of esters is 1. The lowest BCUT2D eigenvalue weighted by molar-refractivity contribution is -0.142. The monoisotopic (exact) mass is 271 g/mol. The number of unbranched alkanes of at least 4 members (excludes halogenated alkanes) is 8. The molecule has 114 valence electrons. The molecule has 19 heavy (non-hydrogen) atoms. The summed E-state index contributed by atoms with van der Waals surface area (Å²) in [4.78, 5) is 11.1. The zero-order valence-electron chi connectivity index (χ0n) is 13.0. The molecule has 0 radical (unpaired) electrons. The molecule has 3 heteroatoms. The summed E-state index contributed by atoms with van der Waals surface area (Å²) in [5, 5.41) is 3.29. The molecule has 0 rings (SSSR count). The molecular formula is C16H33NO2. The molecule has 0 aromatic carbocycles. The van der Waals surface area contributed by atoms with Crippen LogP contribution in [0.3, 0.4) is 0 Å². The summed E-state index contributed by atoms with van der Waals surface area (Å²) in [6.07, 6.45) is 12.7. The summed E-state index contributed by atoms with van der Waals surface area (Å²) >= 11 is 0. The summed E-state index contributed by atoms with van der Waals surface area (Å²) in [7, 11) is 0. The van der Waals surface area contributed by atoms with Gasteiger partial charge >= 0.3 is 5.97 Å². The van der Waals surface area contributed by atoms with Crippen molar-refractivity contribution in [1.82, 2.24) is 5.32 Å². The van der Waals surface area contributed by atoms with Crippen LogP contribution in [-0.2, 0) is 9.53 Å². The highest BCUT2D eigenvalue weighted by Gasteiger charge is 1.99. The highest BCUT2D eigenvalue weighted by molar-refractivity contribution is 5.69. The minimum atomic E-state index is -0.0953. The summed E-state index contributed by atoms with van der Waals surface area (Å²) in [5.41, 5.74) is 0. The molecule has 1 N–H and O–H groups in total. The third-order valence-electron chi connectivity index (χ3n) is 3.27. The Morgan fingerprint density at radius 1 is 0.842 bits per heavy atom. The first-order valence-electron chi connectivity index (χ1n) is 8.17. The van der Waals surface area contributed by atoms with Gasteiger partial charge in [-0.2, -0.15) is 0 Å². The van der Waals surface area contributed by atoms with Crippen molar-refractivity contribution in [1.29, 1.82) is 0 Å². The molecular weight excluding hydrogens is 238 g/mol. The van der Waals surface area contributed by atoms with Gasteiger partial charge in [0.25, 0.3) is 0 Å². The maximum Gasteiger partial charge on any atom is 0.307 e. The van der Waals surface area contributed by atoms with Crippen LogP contribution in [0.25, 0.3) is 0 Å². The van der Waals surface area contributed by atoms with Gasteiger partial charge in [0.2, 0.25) is 0 Å². The van der Waals surface area contributed by atoms with Crippen molar-refractivity contribution in [3.8, 4) is 0 Å². The van der Waals surface area contributed by atoms with Gasteiger partial charge in [-0.05, 0) is 19.9 Å². The van der Waals surface area contributed by atoms with Crippen molar-refractivity contribution < 1.29 is 9.53 Å². The highest BCUT2D eigenvalue weighted by Crippen LogP contribution is 2.09. The standard InChI is InChI=1S/C16H33NO2/c1-3-5-6-7-8-9-10-11-12-14-17-15-13-16(18)19-4-2/h17H,3-15H2,1-2H3. The average molecular weight is 271 g/mol. The van der Waals surface area contributed by atoms with Crippen LogP contribution in [-0.4, -0.2) is 25.7 Å². The number of ether oxygens (including phenoxy) is 1. The molecule has 0 unspecified atom stereocenters. The van der Waals surface area contributed by atoms with Crippen molar-refractivity contribution in [3.05, 3.63) is 0 Å². The minimum Gasteiger partial charge on any atom is -0.466 e. The van der Waals surface area contributed by atoms with Crippen molar-refractivity contribution in [3.63, 3.8) is 0 Å². The molecule has 0 aliphatic heterocycles. The van der Waals surface area contributed by atoms with E-state index in [4.69, 9.17) is 4.74 Å². The minimum absolute atomic E-state index is 0.0953. The smallest absolute Gasteiger partial charge is 0.307 e. The molecule has 0 amide bonds. The zero-order valence-corrected chi connectivity index (χ0v) is 13.0. The van der Waals surface area contributed by atoms with Crippen LogP contribution in [0.1, 0.15) is 78.1 Å². The first-order chi connectivity index (χ1) is 9.31. The number of carbonyl (C=O) groups excluding carboxylic acids is 1. The predicted molar refractivity (Wildman–Crippen MR) is 81.3 cm³/mol. The summed E-state index contributed by atoms with van der Waals surface area (Å²) < 4.78 is 4.86. The van der Waals surface area contributed by atoms with Gasteiger partial charge in [-0.3, -0.25) is 4.79 Å². The second-order valence-corrected chi connectivity index (χ2v) is 5.13. The normalized spacial score (nSPS) is 10.6. The first-order valence-corrected chi connectivity index (χ1v) is 8.17. The molecule has 0 aromatic rings. The van der Waals surface area contributed by atoms with E-state index in [9.17, 15) is 4.79 Å². The van der Waals surface area contributed by atoms with Crippen LogP contribution in [0.5, 0.6) is 0 Å². The van der Waals surface area contributed by atoms with E-state index in [2.05, 4.69) is 12.2 Å². The Hall–Kier alpha value is -0.570. The Bertz CT molecular complexity index is 195. The van der Waals surface area contributed by atoms with E-state index in [0.29, 0.717) is 13.0 Å². The number of hydrogen-bond acceptors (Lipinski definition) is 3. The Morgan fingerprint density at radius 3 is 2.00 bits per heavy atom. The fraction of sp³-hybridized carbons (Fsp3) is 0.938. The molecule has 0 bridgehead atoms. The fourth-order valence-corrected chi connectivity index (χ4v) is 2.11. The first kappa shape index (κ1) is 18.4. The van der Waals surface area contributed by atoms with Gasteiger partial charge in [0.05, 0.1) is 13.0 Å². The van der Waals surface area contributed by atoms with E-state index in [1.807, 2.05) is 6.92 Å². The van der Waals surface area contributed by atoms with Gasteiger partial charge in [0, 0.05) is 6.54 Å². The van der Waals surface area contributed by atoms with Crippen LogP contribution >= 0.6 is 0 Å². The molecule has 0 aliphatic carbocycles. The average Bonchev–Trinajstić information content (AvgIpc) is 2.40. The van der Waals surface area contributed by atoms with Gasteiger partial charge in [0.15, 0.2) is 0 Å². The van der Waals surface area contributed by atoms with Crippen molar-refractivity contribution in [2.24, 2.45) is 0 Å². The quantitative estimate of drug-likeness (QED) is 0.382. The molecule has 0 saturated heterocycles. The van der Waals surface area contributed by atoms with Gasteiger partial charge in [-0.25, -0.2) is 0 Å². The van der Waals surface area contributed by atoms with E-state index in [1.165, 1.54) is 57.8 Å². The Kier molecular flexibility index (Phi) is 15.0. The summed E-state index contributed by atoms with van der Waals surface area (Å²) in [6, 6.07) is 0. The third-order valence-corrected chi connectivity index (χ3v) is 3.27. The highest BCUT2D eigenvalue weighted by atomic mass is 16.5. The number of nitrogens with one attached hydrogen (secondary N) is 1. The van der Waals surface area contributed by atoms with Gasteiger partial charge < -0.3 is 10.1 Å². The molecule has 0 atom stereocenters. The summed E-state index contributed by atoms with van der Waals surface area (Å²) in [5.74, 6) is -0.0953. The lowest BCUT2D eigenvalue weighted by Crippen LogP contribution is -2.20. The van der Waals surface area contributed by atoms with Gasteiger partial charge in [-0.15, -0.1) is 0 Å². The Labute approximate surface area is 119 Å². The van der Waals surface area contributed by atoms with Crippen LogP contribution in [0.4, 0.5) is 0 Å². The molecule has 0 aromatic heterocycles. The van der Waals surface area contributed by atoms with Crippen molar-refractivity contribution in [2.45, 2.75) is 78.1 Å². The Balaban J connectivity index is 3.01. The molecule has 0 aliphatic rings. The van der Waals surface area contributed by atoms with Crippen LogP contribution in [0.15, 0.2) is 0 Å². The molecule has 0 saturated carbocycles. The van der Waals surface area contributed by atoms with Crippen molar-refractivity contribution >= 4 is 5.97 Å². The predicted octanol–water partition coefficient (Wildman–Crippen LogP) is 4.06. The van der Waals surface area contributed by atoms with Gasteiger partial charge in [0.1, 0.15) is 0 Å². The fourth-order valence-electron chi connectivity index (χ4n) is 2.11. The van der Waals surface area contributed by atoms with Crippen LogP contribution in [0.2, 0.25) is 0 Å². The Morgan fingerprint density at radius 2 is 1.42 bits per heavy atom. The zero-order chi connectivity index (χ0) is 14.2. The number of hydrogen-bond donors (Lipinski definition) is 1. The molecule has 3 nitrogen and oxygen atoms in total. The van der Waals surface area contributed by atoms with Crippen LogP contribution in [0, 0.1) is 0 Å². The second kappa shape index (κ2) is 15.5. The topological polar surface area (TPSA) is 38.3 Å². The maximum atomic E-state index is 11.1. The number of carbonyl (C=O) groups is 1. The lowest BCUT2D eigenvalue weighted by atomic mass is 10.1. The third kappa shape index (κ3) is 15.4. The molecule has 0 heterocycles. The van der Waals surface area contributed by atoms with E-state index in [0.717, 1.165) is 13.1 Å². The largest absolute Gasteiger partial charge is 0.466 e. The van der Waals surface area contributed by atoms with E-state index in [1.54, 1.807) is 0 Å².